The molecule has 2 N–H and O–H groups in total. The summed E-state index contributed by atoms with van der Waals surface area (Å²) in [5.74, 6) is 0.429. The monoisotopic (exact) mass is 366 g/mol. The molecule has 0 spiro atoms. The first kappa shape index (κ1) is 18.2. The smallest absolute Gasteiger partial charge is 0.269 e. The third kappa shape index (κ3) is 4.75. The molecule has 0 unspecified atom stereocenters. The van der Waals surface area contributed by atoms with Gasteiger partial charge in [-0.3, -0.25) is 19.7 Å². The topological polar surface area (TPSA) is 118 Å². The van der Waals surface area contributed by atoms with Gasteiger partial charge >= 0.3 is 0 Å². The fraction of sp³-hybridized carbons (Fsp3) is 0.211. The van der Waals surface area contributed by atoms with Gasteiger partial charge in [0.1, 0.15) is 5.82 Å². The molecule has 3 aromatic rings. The summed E-state index contributed by atoms with van der Waals surface area (Å²) in [6.07, 6.45) is 1.34. The highest BCUT2D eigenvalue weighted by molar-refractivity contribution is 5.77. The van der Waals surface area contributed by atoms with Crippen LogP contribution >= 0.6 is 0 Å². The lowest BCUT2D eigenvalue weighted by molar-refractivity contribution is -0.384. The lowest BCUT2D eigenvalue weighted by Gasteiger charge is -2.06. The molecule has 0 aliphatic carbocycles. The molecular weight excluding hydrogens is 348 g/mol. The first-order chi connectivity index (χ1) is 13.0. The number of hydrogen-bond acceptors (Lipinski definition) is 5. The van der Waals surface area contributed by atoms with E-state index in [-0.39, 0.29) is 17.2 Å². The molecule has 8 heteroatoms. The number of non-ortho nitro benzene ring substituents is 1. The van der Waals surface area contributed by atoms with Crippen molar-refractivity contribution >= 4 is 22.5 Å². The van der Waals surface area contributed by atoms with Crippen molar-refractivity contribution in [3.63, 3.8) is 0 Å². The van der Waals surface area contributed by atoms with Gasteiger partial charge < -0.3 is 10.3 Å². The van der Waals surface area contributed by atoms with Crippen LogP contribution in [0, 0.1) is 10.1 Å². The van der Waals surface area contributed by atoms with E-state index in [0.29, 0.717) is 42.5 Å². The molecule has 1 aromatic heterocycles. The predicted octanol–water partition coefficient (Wildman–Crippen LogP) is 2.47. The zero-order chi connectivity index (χ0) is 19.2. The Bertz CT molecular complexity index is 1030. The Morgan fingerprint density at radius 1 is 1.15 bits per heavy atom. The number of fused-ring (bicyclic) bond motifs is 1. The number of rotatable bonds is 7. The summed E-state index contributed by atoms with van der Waals surface area (Å²) in [5.41, 5.74) is 1.26. The van der Waals surface area contributed by atoms with Crippen LogP contribution < -0.4 is 10.9 Å². The third-order valence-electron chi connectivity index (χ3n) is 4.12. The number of nitro benzene ring substituents is 1. The van der Waals surface area contributed by atoms with E-state index in [2.05, 4.69) is 15.3 Å². The number of carbonyl (C=O) groups excluding carboxylic acids is 1. The second kappa shape index (κ2) is 8.22. The number of H-pyrrole nitrogens is 1. The summed E-state index contributed by atoms with van der Waals surface area (Å²) in [5, 5.41) is 13.9. The van der Waals surface area contributed by atoms with Crippen molar-refractivity contribution < 1.29 is 9.72 Å². The maximum absolute atomic E-state index is 12.0. The van der Waals surface area contributed by atoms with Crippen molar-refractivity contribution in [3.05, 3.63) is 80.4 Å². The molecule has 3 rings (SSSR count). The second-order valence-electron chi connectivity index (χ2n) is 6.08. The van der Waals surface area contributed by atoms with Crippen LogP contribution in [0.1, 0.15) is 24.2 Å². The van der Waals surface area contributed by atoms with Crippen molar-refractivity contribution in [2.24, 2.45) is 0 Å². The van der Waals surface area contributed by atoms with Crippen LogP contribution in [0.25, 0.3) is 10.9 Å². The van der Waals surface area contributed by atoms with Gasteiger partial charge in [0.2, 0.25) is 5.91 Å². The standard InChI is InChI=1S/C19H18N4O4/c24-18(20-12-13-8-10-14(11-9-13)23(26)27)7-3-6-17-21-16-5-2-1-4-15(16)19(25)22-17/h1-2,4-5,8-11H,3,6-7,12H2,(H,20,24)(H,21,22,25). The van der Waals surface area contributed by atoms with E-state index in [0.717, 1.165) is 5.56 Å². The quantitative estimate of drug-likeness (QED) is 0.492. The number of carbonyl (C=O) groups is 1. The predicted molar refractivity (Wildman–Crippen MR) is 100 cm³/mol. The van der Waals surface area contributed by atoms with Gasteiger partial charge in [0.25, 0.3) is 11.2 Å². The van der Waals surface area contributed by atoms with Gasteiger partial charge in [0.15, 0.2) is 0 Å². The largest absolute Gasteiger partial charge is 0.352 e. The van der Waals surface area contributed by atoms with Crippen LogP contribution in [-0.4, -0.2) is 20.8 Å². The minimum atomic E-state index is -0.465. The van der Waals surface area contributed by atoms with Crippen LogP contribution in [0.3, 0.4) is 0 Å². The van der Waals surface area contributed by atoms with Crippen molar-refractivity contribution in [3.8, 4) is 0 Å². The number of aryl methyl sites for hydroxylation is 1. The van der Waals surface area contributed by atoms with Crippen molar-refractivity contribution in [1.29, 1.82) is 0 Å². The molecule has 138 valence electrons. The molecule has 2 aromatic carbocycles. The normalized spacial score (nSPS) is 10.7. The molecule has 0 radical (unpaired) electrons. The van der Waals surface area contributed by atoms with E-state index in [1.807, 2.05) is 6.07 Å². The number of amides is 1. The highest BCUT2D eigenvalue weighted by Gasteiger charge is 2.07. The van der Waals surface area contributed by atoms with Crippen LogP contribution in [-0.2, 0) is 17.8 Å². The van der Waals surface area contributed by atoms with Crippen LogP contribution in [0.15, 0.2) is 53.3 Å². The van der Waals surface area contributed by atoms with Crippen molar-refractivity contribution in [1.82, 2.24) is 15.3 Å². The minimum absolute atomic E-state index is 0.0157. The maximum Gasteiger partial charge on any atom is 0.269 e. The Balaban J connectivity index is 1.48. The molecule has 0 bridgehead atoms. The lowest BCUT2D eigenvalue weighted by Crippen LogP contribution is -2.22. The van der Waals surface area contributed by atoms with E-state index in [9.17, 15) is 19.7 Å². The molecule has 1 heterocycles. The number of nitro groups is 1. The average Bonchev–Trinajstić information content (AvgIpc) is 2.67. The number of nitrogens with one attached hydrogen (secondary N) is 2. The van der Waals surface area contributed by atoms with Gasteiger partial charge in [-0.05, 0) is 24.1 Å². The fourth-order valence-electron chi connectivity index (χ4n) is 2.69. The van der Waals surface area contributed by atoms with E-state index in [4.69, 9.17) is 0 Å². The van der Waals surface area contributed by atoms with Gasteiger partial charge in [0, 0.05) is 31.5 Å². The summed E-state index contributed by atoms with van der Waals surface area (Å²) >= 11 is 0. The Hall–Kier alpha value is -3.55. The molecule has 1 amide bonds. The second-order valence-corrected chi connectivity index (χ2v) is 6.08. The number of aromatic amines is 1. The van der Waals surface area contributed by atoms with Crippen LogP contribution in [0.5, 0.6) is 0 Å². The van der Waals surface area contributed by atoms with Crippen LogP contribution in [0.4, 0.5) is 5.69 Å². The zero-order valence-electron chi connectivity index (χ0n) is 14.5. The summed E-state index contributed by atoms with van der Waals surface area (Å²) < 4.78 is 0. The van der Waals surface area contributed by atoms with E-state index in [1.54, 1.807) is 30.3 Å². The molecule has 0 aliphatic rings. The van der Waals surface area contributed by atoms with E-state index < -0.39 is 4.92 Å². The number of nitrogens with zero attached hydrogens (tertiary/aromatic N) is 2. The Morgan fingerprint density at radius 2 is 1.89 bits per heavy atom. The molecular formula is C19H18N4O4. The van der Waals surface area contributed by atoms with Gasteiger partial charge in [-0.1, -0.05) is 24.3 Å². The third-order valence-corrected chi connectivity index (χ3v) is 4.12. The molecule has 0 fully saturated rings. The van der Waals surface area contributed by atoms with Gasteiger partial charge in [-0.15, -0.1) is 0 Å². The maximum atomic E-state index is 12.0. The lowest BCUT2D eigenvalue weighted by atomic mass is 10.2. The fourth-order valence-corrected chi connectivity index (χ4v) is 2.69. The number of aromatic nitrogens is 2. The Morgan fingerprint density at radius 3 is 2.63 bits per heavy atom. The zero-order valence-corrected chi connectivity index (χ0v) is 14.5. The van der Waals surface area contributed by atoms with Crippen LogP contribution in [0.2, 0.25) is 0 Å². The first-order valence-electron chi connectivity index (χ1n) is 8.51. The highest BCUT2D eigenvalue weighted by Crippen LogP contribution is 2.12. The minimum Gasteiger partial charge on any atom is -0.352 e. The van der Waals surface area contributed by atoms with Gasteiger partial charge in [-0.2, -0.15) is 0 Å². The molecule has 0 atom stereocenters. The highest BCUT2D eigenvalue weighted by atomic mass is 16.6. The summed E-state index contributed by atoms with van der Waals surface area (Å²) in [6.45, 7) is 0.307. The first-order valence-corrected chi connectivity index (χ1v) is 8.51. The number of para-hydroxylation sites is 1. The summed E-state index contributed by atoms with van der Waals surface area (Å²) in [7, 11) is 0. The van der Waals surface area contributed by atoms with Crippen molar-refractivity contribution in [2.75, 3.05) is 0 Å². The van der Waals surface area contributed by atoms with Crippen molar-refractivity contribution in [2.45, 2.75) is 25.8 Å². The van der Waals surface area contributed by atoms with E-state index in [1.165, 1.54) is 12.1 Å². The molecule has 0 saturated carbocycles. The molecule has 0 aliphatic heterocycles. The number of hydrogen-bond donors (Lipinski definition) is 2. The molecule has 8 nitrogen and oxygen atoms in total. The Kier molecular flexibility index (Phi) is 5.55. The average molecular weight is 366 g/mol. The SMILES string of the molecule is O=C(CCCc1nc2ccccc2c(=O)[nH]1)NCc1ccc([N+](=O)[O-])cc1. The van der Waals surface area contributed by atoms with Gasteiger partial charge in [0.05, 0.1) is 15.8 Å². The molecule has 27 heavy (non-hydrogen) atoms. The summed E-state index contributed by atoms with van der Waals surface area (Å²) in [6, 6.07) is 13.1. The molecule has 0 saturated heterocycles. The van der Waals surface area contributed by atoms with Gasteiger partial charge in [-0.25, -0.2) is 4.98 Å². The Labute approximate surface area is 154 Å². The summed E-state index contributed by atoms with van der Waals surface area (Å²) in [4.78, 5) is 41.3. The number of benzene rings is 2. The van der Waals surface area contributed by atoms with E-state index >= 15 is 0 Å².